The summed E-state index contributed by atoms with van der Waals surface area (Å²) < 4.78 is 0. The second kappa shape index (κ2) is 9.43. The molecular weight excluding hydrogens is 366 g/mol. The van der Waals surface area contributed by atoms with Crippen LogP contribution in [0.3, 0.4) is 0 Å². The van der Waals surface area contributed by atoms with Gasteiger partial charge in [0.15, 0.2) is 0 Å². The van der Waals surface area contributed by atoms with Crippen LogP contribution in [0.1, 0.15) is 56.1 Å². The molecule has 2 nitrogen and oxygen atoms in total. The third-order valence-corrected chi connectivity index (χ3v) is 6.99. The van der Waals surface area contributed by atoms with Crippen molar-refractivity contribution in [2.45, 2.75) is 68.9 Å². The van der Waals surface area contributed by atoms with Gasteiger partial charge in [0.1, 0.15) is 0 Å². The average molecular weight is 400 g/mol. The van der Waals surface area contributed by atoms with E-state index in [9.17, 15) is 5.11 Å². The van der Waals surface area contributed by atoms with Crippen LogP contribution in [0.25, 0.3) is 0 Å². The van der Waals surface area contributed by atoms with Crippen molar-refractivity contribution in [3.05, 3.63) is 71.8 Å². The highest BCUT2D eigenvalue weighted by molar-refractivity contribution is 5.85. The summed E-state index contributed by atoms with van der Waals surface area (Å²) in [5.41, 5.74) is 2.54. The summed E-state index contributed by atoms with van der Waals surface area (Å²) in [6.07, 6.45) is 9.75. The largest absolute Gasteiger partial charge is 0.390 e. The van der Waals surface area contributed by atoms with Gasteiger partial charge in [-0.05, 0) is 82.0 Å². The topological polar surface area (TPSA) is 23.5 Å². The quantitative estimate of drug-likeness (QED) is 0.700. The molecule has 0 atom stereocenters. The minimum Gasteiger partial charge on any atom is -0.390 e. The van der Waals surface area contributed by atoms with E-state index in [1.807, 2.05) is 0 Å². The molecule has 1 N–H and O–H groups in total. The van der Waals surface area contributed by atoms with Crippen molar-refractivity contribution in [3.8, 4) is 0 Å². The maximum absolute atomic E-state index is 11.3. The minimum absolute atomic E-state index is 0. The van der Waals surface area contributed by atoms with Crippen LogP contribution in [0.15, 0.2) is 60.7 Å². The Kier molecular flexibility index (Phi) is 7.20. The van der Waals surface area contributed by atoms with E-state index in [4.69, 9.17) is 0 Å². The number of aryl methyl sites for hydroxylation is 1. The summed E-state index contributed by atoms with van der Waals surface area (Å²) in [7, 11) is 0. The number of rotatable bonds is 6. The van der Waals surface area contributed by atoms with Crippen molar-refractivity contribution in [3.63, 3.8) is 0 Å². The zero-order valence-corrected chi connectivity index (χ0v) is 17.7. The van der Waals surface area contributed by atoms with Crippen LogP contribution >= 0.6 is 12.4 Å². The highest BCUT2D eigenvalue weighted by atomic mass is 35.5. The van der Waals surface area contributed by atoms with E-state index in [0.717, 1.165) is 44.9 Å². The summed E-state index contributed by atoms with van der Waals surface area (Å²) >= 11 is 0. The Hall–Kier alpha value is -1.35. The zero-order chi connectivity index (χ0) is 18.6. The molecule has 1 heterocycles. The van der Waals surface area contributed by atoms with Gasteiger partial charge < -0.3 is 5.11 Å². The Morgan fingerprint density at radius 3 is 1.86 bits per heavy atom. The second-order valence-electron chi connectivity index (χ2n) is 8.79. The summed E-state index contributed by atoms with van der Waals surface area (Å²) in [5, 5.41) is 11.3. The van der Waals surface area contributed by atoms with E-state index in [0.29, 0.717) is 0 Å². The zero-order valence-electron chi connectivity index (χ0n) is 16.9. The van der Waals surface area contributed by atoms with Crippen molar-refractivity contribution >= 4 is 12.4 Å². The van der Waals surface area contributed by atoms with E-state index >= 15 is 0 Å². The van der Waals surface area contributed by atoms with Crippen molar-refractivity contribution in [1.82, 2.24) is 4.90 Å². The van der Waals surface area contributed by atoms with E-state index in [2.05, 4.69) is 65.6 Å². The van der Waals surface area contributed by atoms with Crippen molar-refractivity contribution in [1.29, 1.82) is 0 Å². The lowest BCUT2D eigenvalue weighted by atomic mass is 9.69. The van der Waals surface area contributed by atoms with Gasteiger partial charge in [-0.1, -0.05) is 60.7 Å². The Labute approximate surface area is 176 Å². The van der Waals surface area contributed by atoms with Crippen LogP contribution in [0.4, 0.5) is 0 Å². The monoisotopic (exact) mass is 399 g/mol. The second-order valence-corrected chi connectivity index (χ2v) is 8.79. The van der Waals surface area contributed by atoms with Gasteiger partial charge in [0.05, 0.1) is 5.60 Å². The molecule has 1 aliphatic carbocycles. The maximum atomic E-state index is 11.3. The molecule has 152 valence electrons. The first-order chi connectivity index (χ1) is 13.2. The highest BCUT2D eigenvalue weighted by Gasteiger charge is 2.45. The molecular formula is C25H34ClNO. The van der Waals surface area contributed by atoms with Gasteiger partial charge in [-0.25, -0.2) is 0 Å². The van der Waals surface area contributed by atoms with Crippen LogP contribution in [0.2, 0.25) is 0 Å². The maximum Gasteiger partial charge on any atom is 0.0652 e. The minimum atomic E-state index is -0.490. The molecule has 0 radical (unpaired) electrons. The molecule has 4 rings (SSSR count). The van der Waals surface area contributed by atoms with Gasteiger partial charge in [-0.15, -0.1) is 12.4 Å². The number of hydrogen-bond acceptors (Lipinski definition) is 2. The molecule has 0 bridgehead atoms. The fraction of sp³-hybridized carbons (Fsp3) is 0.520. The fourth-order valence-electron chi connectivity index (χ4n) is 5.22. The standard InChI is InChI=1S/C25H33NO.ClH/c27-25(14-13-22-9-3-1-4-10-22)17-15-24(16-18-25,26-19-7-8-20-26)21-23-11-5-2-6-12-23;/h1-6,9-12,27H,7-8,13-21H2;1H. The Morgan fingerprint density at radius 1 is 0.750 bits per heavy atom. The Balaban J connectivity index is 0.00000225. The summed E-state index contributed by atoms with van der Waals surface area (Å²) in [6.45, 7) is 2.46. The number of likely N-dealkylation sites (tertiary alicyclic amines) is 1. The molecule has 28 heavy (non-hydrogen) atoms. The molecule has 0 spiro atoms. The van der Waals surface area contributed by atoms with Crippen LogP contribution < -0.4 is 0 Å². The molecule has 1 aliphatic heterocycles. The molecule has 3 heteroatoms. The van der Waals surface area contributed by atoms with E-state index in [-0.39, 0.29) is 17.9 Å². The van der Waals surface area contributed by atoms with Gasteiger partial charge in [0.2, 0.25) is 0 Å². The van der Waals surface area contributed by atoms with Crippen LogP contribution in [0, 0.1) is 0 Å². The lowest BCUT2D eigenvalue weighted by molar-refractivity contribution is -0.0549. The first-order valence-electron chi connectivity index (χ1n) is 10.7. The molecule has 2 aliphatic rings. The van der Waals surface area contributed by atoms with Crippen molar-refractivity contribution < 1.29 is 5.11 Å². The van der Waals surface area contributed by atoms with Gasteiger partial charge in [0, 0.05) is 5.54 Å². The normalized spacial score (nSPS) is 28.0. The number of nitrogens with zero attached hydrogens (tertiary/aromatic N) is 1. The van der Waals surface area contributed by atoms with Gasteiger partial charge in [-0.2, -0.15) is 0 Å². The van der Waals surface area contributed by atoms with Crippen LogP contribution in [0.5, 0.6) is 0 Å². The van der Waals surface area contributed by atoms with E-state index in [1.54, 1.807) is 0 Å². The van der Waals surface area contributed by atoms with Crippen LogP contribution in [-0.2, 0) is 12.8 Å². The van der Waals surface area contributed by atoms with E-state index < -0.39 is 5.60 Å². The first kappa shape index (κ1) is 21.4. The average Bonchev–Trinajstić information content (AvgIpc) is 3.26. The number of halogens is 1. The molecule has 2 fully saturated rings. The van der Waals surface area contributed by atoms with Crippen molar-refractivity contribution in [2.75, 3.05) is 13.1 Å². The smallest absolute Gasteiger partial charge is 0.0652 e. The number of benzene rings is 2. The first-order valence-corrected chi connectivity index (χ1v) is 10.7. The third kappa shape index (κ3) is 4.97. The summed E-state index contributed by atoms with van der Waals surface area (Å²) in [6, 6.07) is 21.6. The fourth-order valence-corrected chi connectivity index (χ4v) is 5.22. The number of aliphatic hydroxyl groups is 1. The number of hydrogen-bond donors (Lipinski definition) is 1. The summed E-state index contributed by atoms with van der Waals surface area (Å²) in [5.74, 6) is 0. The lowest BCUT2D eigenvalue weighted by Gasteiger charge is -2.49. The predicted molar refractivity (Wildman–Crippen MR) is 119 cm³/mol. The summed E-state index contributed by atoms with van der Waals surface area (Å²) in [4.78, 5) is 2.75. The molecule has 0 aromatic heterocycles. The molecule has 2 aromatic carbocycles. The van der Waals surface area contributed by atoms with Crippen molar-refractivity contribution in [2.24, 2.45) is 0 Å². The Morgan fingerprint density at radius 2 is 1.29 bits per heavy atom. The van der Waals surface area contributed by atoms with Crippen LogP contribution in [-0.4, -0.2) is 34.2 Å². The SMILES string of the molecule is Cl.OC1(CCc2ccccc2)CCC(Cc2ccccc2)(N2CCCC2)CC1. The molecule has 0 amide bonds. The third-order valence-electron chi connectivity index (χ3n) is 6.99. The lowest BCUT2D eigenvalue weighted by Crippen LogP contribution is -2.54. The molecule has 1 saturated heterocycles. The van der Waals surface area contributed by atoms with E-state index in [1.165, 1.54) is 37.1 Å². The molecule has 0 unspecified atom stereocenters. The predicted octanol–water partition coefficient (Wildman–Crippen LogP) is 5.42. The molecule has 1 saturated carbocycles. The van der Waals surface area contributed by atoms with Gasteiger partial charge in [0.25, 0.3) is 0 Å². The highest BCUT2D eigenvalue weighted by Crippen LogP contribution is 2.43. The Bertz CT molecular complexity index is 704. The van der Waals surface area contributed by atoms with Gasteiger partial charge >= 0.3 is 0 Å². The van der Waals surface area contributed by atoms with Gasteiger partial charge in [-0.3, -0.25) is 4.90 Å². The molecule has 2 aromatic rings.